The van der Waals surface area contributed by atoms with E-state index in [1.807, 2.05) is 0 Å². The van der Waals surface area contributed by atoms with Gasteiger partial charge in [-0.25, -0.2) is 0 Å². The van der Waals surface area contributed by atoms with Crippen LogP contribution in [-0.4, -0.2) is 37.2 Å². The summed E-state index contributed by atoms with van der Waals surface area (Å²) in [5.74, 6) is -0.902. The van der Waals surface area contributed by atoms with Crippen LogP contribution in [0.1, 0.15) is 323 Å². The first-order chi connectivity index (χ1) is 36.5. The van der Waals surface area contributed by atoms with Crippen LogP contribution in [0.25, 0.3) is 0 Å². The highest BCUT2D eigenvalue weighted by Gasteiger charge is 2.19. The van der Waals surface area contributed by atoms with Crippen LogP contribution in [0.5, 0.6) is 0 Å². The zero-order valence-electron chi connectivity index (χ0n) is 49.1. The van der Waals surface area contributed by atoms with E-state index in [0.29, 0.717) is 19.3 Å². The Morgan fingerprint density at radius 1 is 0.284 bits per heavy atom. The lowest BCUT2D eigenvalue weighted by atomic mass is 10.0. The largest absolute Gasteiger partial charge is 0.462 e. The summed E-state index contributed by atoms with van der Waals surface area (Å²) in [6.45, 7) is 6.54. The van der Waals surface area contributed by atoms with Crippen LogP contribution in [0, 0.1) is 0 Å². The van der Waals surface area contributed by atoms with E-state index in [9.17, 15) is 14.4 Å². The Bertz CT molecular complexity index is 1370. The minimum atomic E-state index is -0.790. The Kier molecular flexibility index (Phi) is 59.7. The van der Waals surface area contributed by atoms with Gasteiger partial charge in [-0.15, -0.1) is 0 Å². The molecular formula is C68H120O6. The van der Waals surface area contributed by atoms with Crippen LogP contribution in [0.2, 0.25) is 0 Å². The molecule has 0 aromatic rings. The molecule has 0 radical (unpaired) electrons. The van der Waals surface area contributed by atoms with Gasteiger partial charge in [-0.2, -0.15) is 0 Å². The van der Waals surface area contributed by atoms with Crippen molar-refractivity contribution in [2.45, 2.75) is 329 Å². The maximum Gasteiger partial charge on any atom is 0.306 e. The molecule has 0 rings (SSSR count). The van der Waals surface area contributed by atoms with Crippen molar-refractivity contribution >= 4 is 17.9 Å². The molecule has 0 bridgehead atoms. The molecular weight excluding hydrogens is 913 g/mol. The number of esters is 3. The fourth-order valence-corrected chi connectivity index (χ4v) is 9.17. The highest BCUT2D eigenvalue weighted by atomic mass is 16.6. The van der Waals surface area contributed by atoms with E-state index in [1.165, 1.54) is 186 Å². The van der Waals surface area contributed by atoms with Gasteiger partial charge in [0, 0.05) is 19.3 Å². The minimum Gasteiger partial charge on any atom is -0.462 e. The van der Waals surface area contributed by atoms with E-state index in [1.54, 1.807) is 0 Å². The second-order valence-electron chi connectivity index (χ2n) is 21.3. The molecule has 0 aliphatic rings. The summed E-state index contributed by atoms with van der Waals surface area (Å²) >= 11 is 0. The molecule has 0 saturated heterocycles. The number of unbranched alkanes of at least 4 members (excludes halogenated alkanes) is 35. The van der Waals surface area contributed by atoms with Gasteiger partial charge in [0.1, 0.15) is 13.2 Å². The third kappa shape index (κ3) is 59.7. The molecule has 74 heavy (non-hydrogen) atoms. The van der Waals surface area contributed by atoms with E-state index >= 15 is 0 Å². The number of rotatable bonds is 58. The van der Waals surface area contributed by atoms with Gasteiger partial charge in [0.25, 0.3) is 0 Å². The van der Waals surface area contributed by atoms with Gasteiger partial charge in [0.2, 0.25) is 0 Å². The third-order valence-electron chi connectivity index (χ3n) is 13.9. The number of carbonyl (C=O) groups excluding carboxylic acids is 3. The lowest BCUT2D eigenvalue weighted by molar-refractivity contribution is -0.167. The average molecular weight is 1030 g/mol. The molecule has 6 nitrogen and oxygen atoms in total. The molecule has 0 aliphatic heterocycles. The Labute approximate surface area is 459 Å². The first kappa shape index (κ1) is 70.8. The van der Waals surface area contributed by atoms with E-state index in [4.69, 9.17) is 14.2 Å². The van der Waals surface area contributed by atoms with Gasteiger partial charge >= 0.3 is 17.9 Å². The quantitative estimate of drug-likeness (QED) is 0.0261. The van der Waals surface area contributed by atoms with Crippen molar-refractivity contribution in [1.82, 2.24) is 0 Å². The topological polar surface area (TPSA) is 78.9 Å². The van der Waals surface area contributed by atoms with Gasteiger partial charge in [-0.05, 0) is 89.9 Å². The summed E-state index contributed by atoms with van der Waals surface area (Å²) in [6, 6.07) is 0. The molecule has 0 N–H and O–H groups in total. The molecule has 0 spiro atoms. The zero-order chi connectivity index (χ0) is 53.6. The second kappa shape index (κ2) is 62.4. The van der Waals surface area contributed by atoms with Gasteiger partial charge in [-0.1, -0.05) is 286 Å². The van der Waals surface area contributed by atoms with E-state index in [2.05, 4.69) is 93.7 Å². The maximum atomic E-state index is 12.9. The van der Waals surface area contributed by atoms with Crippen molar-refractivity contribution in [3.63, 3.8) is 0 Å². The van der Waals surface area contributed by atoms with E-state index < -0.39 is 6.10 Å². The lowest BCUT2D eigenvalue weighted by Gasteiger charge is -2.18. The second-order valence-corrected chi connectivity index (χ2v) is 21.3. The van der Waals surface area contributed by atoms with Crippen LogP contribution in [0.15, 0.2) is 72.9 Å². The van der Waals surface area contributed by atoms with Crippen LogP contribution in [0.3, 0.4) is 0 Å². The molecule has 1 atom stereocenters. The normalized spacial score (nSPS) is 12.5. The monoisotopic (exact) mass is 1030 g/mol. The average Bonchev–Trinajstić information content (AvgIpc) is 3.40. The molecule has 0 fully saturated rings. The number of allylic oxidation sites excluding steroid dienone is 12. The fourth-order valence-electron chi connectivity index (χ4n) is 9.17. The van der Waals surface area contributed by atoms with Crippen molar-refractivity contribution in [1.29, 1.82) is 0 Å². The lowest BCUT2D eigenvalue weighted by Crippen LogP contribution is -2.30. The Balaban J connectivity index is 4.41. The van der Waals surface area contributed by atoms with Crippen LogP contribution in [-0.2, 0) is 28.6 Å². The highest BCUT2D eigenvalue weighted by Crippen LogP contribution is 2.17. The predicted molar refractivity (Wildman–Crippen MR) is 321 cm³/mol. The molecule has 0 unspecified atom stereocenters. The van der Waals surface area contributed by atoms with Gasteiger partial charge in [0.05, 0.1) is 0 Å². The van der Waals surface area contributed by atoms with Crippen molar-refractivity contribution in [3.8, 4) is 0 Å². The molecule has 0 amide bonds. The minimum absolute atomic E-state index is 0.0837. The summed E-state index contributed by atoms with van der Waals surface area (Å²) in [5, 5.41) is 0. The van der Waals surface area contributed by atoms with Gasteiger partial charge in [-0.3, -0.25) is 14.4 Å². The van der Waals surface area contributed by atoms with Crippen LogP contribution >= 0.6 is 0 Å². The highest BCUT2D eigenvalue weighted by molar-refractivity contribution is 5.71. The first-order valence-corrected chi connectivity index (χ1v) is 31.9. The van der Waals surface area contributed by atoms with E-state index in [-0.39, 0.29) is 31.1 Å². The van der Waals surface area contributed by atoms with Crippen molar-refractivity contribution in [3.05, 3.63) is 72.9 Å². The fraction of sp³-hybridized carbons (Fsp3) is 0.779. The Morgan fingerprint density at radius 2 is 0.527 bits per heavy atom. The van der Waals surface area contributed by atoms with Crippen molar-refractivity contribution < 1.29 is 28.6 Å². The maximum absolute atomic E-state index is 12.9. The number of hydrogen-bond donors (Lipinski definition) is 0. The molecule has 0 aromatic carbocycles. The molecule has 0 aliphatic carbocycles. The first-order valence-electron chi connectivity index (χ1n) is 31.9. The van der Waals surface area contributed by atoms with Crippen LogP contribution in [0.4, 0.5) is 0 Å². The Hall–Kier alpha value is -3.15. The smallest absolute Gasteiger partial charge is 0.306 e. The molecule has 428 valence electrons. The van der Waals surface area contributed by atoms with E-state index in [0.717, 1.165) is 96.3 Å². The predicted octanol–water partition coefficient (Wildman–Crippen LogP) is 21.7. The molecule has 0 saturated carbocycles. The number of carbonyl (C=O) groups is 3. The Morgan fingerprint density at radius 3 is 0.851 bits per heavy atom. The molecule has 6 heteroatoms. The van der Waals surface area contributed by atoms with Gasteiger partial charge < -0.3 is 14.2 Å². The standard InChI is InChI=1S/C68H120O6/c1-4-7-10-13-16-19-22-25-28-31-34-37-40-43-46-49-52-55-58-61-67(70)73-64-65(63-72-66(69)60-57-54-51-48-45-42-39-36-33-30-27-24-21-18-15-12-9-6-3)74-68(71)62-59-56-53-50-47-44-41-38-35-32-29-26-23-20-17-14-11-8-5-2/h7,10,16,19,25-26,28-29,34,37,43,46,65H,4-6,8-9,11-15,17-18,20-24,27,30-33,35-36,38-42,44-45,47-64H2,1-3H3/b10-7+,19-16+,28-25+,29-26+,37-34+,46-43+/t65-/m1/s1. The summed E-state index contributed by atoms with van der Waals surface area (Å²) in [7, 11) is 0. The van der Waals surface area contributed by atoms with Crippen molar-refractivity contribution in [2.24, 2.45) is 0 Å². The number of hydrogen-bond acceptors (Lipinski definition) is 6. The SMILES string of the molecule is CC/C=C/C/C=C/C/C=C/C/C=C/C/C=C/CCCCCC(=O)OC[C@@H](COC(=O)CCCCCCCCCCCCCCCCCCCC)OC(=O)CCCCCCCCCCC/C=C/CCCCCCCC. The summed E-state index contributed by atoms with van der Waals surface area (Å²) < 4.78 is 16.9. The summed E-state index contributed by atoms with van der Waals surface area (Å²) in [4.78, 5) is 38.3. The van der Waals surface area contributed by atoms with Gasteiger partial charge in [0.15, 0.2) is 6.10 Å². The summed E-state index contributed by atoms with van der Waals surface area (Å²) in [5.41, 5.74) is 0. The third-order valence-corrected chi connectivity index (χ3v) is 13.9. The molecule has 0 aromatic heterocycles. The van der Waals surface area contributed by atoms with Crippen molar-refractivity contribution in [2.75, 3.05) is 13.2 Å². The number of ether oxygens (including phenoxy) is 3. The van der Waals surface area contributed by atoms with Crippen LogP contribution < -0.4 is 0 Å². The molecule has 0 heterocycles. The zero-order valence-corrected chi connectivity index (χ0v) is 49.1. The summed E-state index contributed by atoms with van der Waals surface area (Å²) in [6.07, 6.45) is 80.4.